The van der Waals surface area contributed by atoms with Crippen molar-refractivity contribution in [1.82, 2.24) is 0 Å². The third-order valence-corrected chi connectivity index (χ3v) is 15.3. The fourth-order valence-electron chi connectivity index (χ4n) is 5.31. The van der Waals surface area contributed by atoms with Gasteiger partial charge in [-0.1, -0.05) is 47.5 Å². The Bertz CT molecular complexity index is 1250. The zero-order chi connectivity index (χ0) is 30.8. The quantitative estimate of drug-likeness (QED) is 0.0752. The molecule has 2 aromatic rings. The molecule has 0 aromatic heterocycles. The van der Waals surface area contributed by atoms with Gasteiger partial charge < -0.3 is 14.4 Å². The number of esters is 1. The molecule has 0 heterocycles. The van der Waals surface area contributed by atoms with Gasteiger partial charge in [0.1, 0.15) is 19.9 Å². The monoisotopic (exact) mass is 601 g/mol. The van der Waals surface area contributed by atoms with Crippen LogP contribution in [0.4, 0.5) is 5.69 Å². The number of hydrogen-bond acceptors (Lipinski definition) is 7. The molecular formula is C32H47NO6SSi. The molecule has 0 fully saturated rings. The molecule has 0 amide bonds. The van der Waals surface area contributed by atoms with Crippen molar-refractivity contribution in [3.63, 3.8) is 0 Å². The van der Waals surface area contributed by atoms with Gasteiger partial charge in [-0.3, -0.25) is 0 Å². The lowest BCUT2D eigenvalue weighted by Crippen LogP contribution is -2.43. The van der Waals surface area contributed by atoms with Crippen LogP contribution >= 0.6 is 0 Å². The van der Waals surface area contributed by atoms with E-state index in [1.165, 1.54) is 19.2 Å². The highest BCUT2D eigenvalue weighted by atomic mass is 32.2. The third kappa shape index (κ3) is 9.35. The van der Waals surface area contributed by atoms with Crippen LogP contribution in [0, 0.1) is 11.5 Å². The number of carbonyl (C=O) groups is 1. The molecule has 1 unspecified atom stereocenters. The van der Waals surface area contributed by atoms with Gasteiger partial charge in [-0.25, -0.2) is 8.98 Å². The normalized spacial score (nSPS) is 12.7. The molecule has 0 saturated carbocycles. The Labute approximate surface area is 248 Å². The molecule has 9 heteroatoms. The second-order valence-corrected chi connectivity index (χ2v) is 18.6. The Hall–Kier alpha value is -2.80. The molecule has 0 spiro atoms. The lowest BCUT2D eigenvalue weighted by Gasteiger charge is -2.38. The maximum absolute atomic E-state index is 13.2. The molecule has 0 aliphatic rings. The number of hydrogen-bond donors (Lipinski definition) is 0. The van der Waals surface area contributed by atoms with E-state index in [-0.39, 0.29) is 17.5 Å². The average molecular weight is 602 g/mol. The number of carbonyl (C=O) groups excluding carboxylic acids is 1. The van der Waals surface area contributed by atoms with Gasteiger partial charge in [0.15, 0.2) is 0 Å². The summed E-state index contributed by atoms with van der Waals surface area (Å²) in [7, 11) is -0.745. The molecule has 0 N–H and O–H groups in total. The highest BCUT2D eigenvalue weighted by Gasteiger charge is 2.42. The van der Waals surface area contributed by atoms with Gasteiger partial charge in [-0.2, -0.15) is 8.42 Å². The molecule has 0 aliphatic heterocycles. The zero-order valence-corrected chi connectivity index (χ0v) is 27.9. The van der Waals surface area contributed by atoms with E-state index in [0.29, 0.717) is 47.2 Å². The molecule has 2 rings (SSSR count). The molecule has 0 radical (unpaired) electrons. The Morgan fingerprint density at radius 3 is 1.93 bits per heavy atom. The van der Waals surface area contributed by atoms with Gasteiger partial charge in [0.05, 0.1) is 24.2 Å². The predicted octanol–water partition coefficient (Wildman–Crippen LogP) is 7.08. The third-order valence-electron chi connectivity index (χ3n) is 7.62. The van der Waals surface area contributed by atoms with Crippen molar-refractivity contribution in [3.05, 3.63) is 54.1 Å². The second-order valence-electron chi connectivity index (χ2n) is 11.5. The largest absolute Gasteiger partial charge is 0.497 e. The van der Waals surface area contributed by atoms with E-state index in [9.17, 15) is 13.2 Å². The van der Waals surface area contributed by atoms with E-state index < -0.39 is 24.3 Å². The van der Waals surface area contributed by atoms with Crippen LogP contribution in [-0.4, -0.2) is 56.4 Å². The number of methoxy groups -OCH3 is 1. The molecule has 226 valence electrons. The minimum Gasteiger partial charge on any atom is -0.497 e. The van der Waals surface area contributed by atoms with Crippen molar-refractivity contribution in [2.75, 3.05) is 32.7 Å². The van der Waals surface area contributed by atoms with Crippen molar-refractivity contribution < 1.29 is 26.9 Å². The first-order valence-electron chi connectivity index (χ1n) is 14.3. The number of rotatable bonds is 14. The molecule has 2 aromatic carbocycles. The minimum atomic E-state index is -4.05. The summed E-state index contributed by atoms with van der Waals surface area (Å²) in [5.74, 6) is 3.44. The van der Waals surface area contributed by atoms with Gasteiger partial charge in [0.2, 0.25) is 0 Å². The first kappa shape index (κ1) is 34.4. The van der Waals surface area contributed by atoms with Crippen LogP contribution < -0.4 is 9.64 Å². The van der Waals surface area contributed by atoms with Crippen LogP contribution in [0.25, 0.3) is 0 Å². The molecule has 1 atom stereocenters. The summed E-state index contributed by atoms with van der Waals surface area (Å²) >= 11 is 0. The number of benzene rings is 2. The zero-order valence-electron chi connectivity index (χ0n) is 26.1. The molecule has 7 nitrogen and oxygen atoms in total. The summed E-state index contributed by atoms with van der Waals surface area (Å²) < 4.78 is 42.7. The molecule has 0 aliphatic carbocycles. The van der Waals surface area contributed by atoms with Crippen LogP contribution in [0.15, 0.2) is 53.4 Å². The van der Waals surface area contributed by atoms with E-state index in [1.807, 2.05) is 31.1 Å². The fourth-order valence-corrected chi connectivity index (χ4v) is 11.6. The van der Waals surface area contributed by atoms with E-state index in [1.54, 1.807) is 24.3 Å². The average Bonchev–Trinajstić information content (AvgIpc) is 2.92. The number of anilines is 1. The Balaban J connectivity index is 2.16. The van der Waals surface area contributed by atoms with Crippen LogP contribution in [0.5, 0.6) is 5.75 Å². The topological polar surface area (TPSA) is 82.1 Å². The van der Waals surface area contributed by atoms with Crippen molar-refractivity contribution in [2.45, 2.75) is 88.4 Å². The van der Waals surface area contributed by atoms with E-state index in [4.69, 9.17) is 13.7 Å². The maximum atomic E-state index is 13.2. The first-order chi connectivity index (χ1) is 19.2. The van der Waals surface area contributed by atoms with E-state index in [0.717, 1.165) is 5.69 Å². The van der Waals surface area contributed by atoms with Gasteiger partial charge in [0, 0.05) is 19.8 Å². The highest BCUT2D eigenvalue weighted by Crippen LogP contribution is 2.40. The fraction of sp³-hybridized carbons (Fsp3) is 0.531. The number of unbranched alkanes of at least 4 members (excludes halogenated alkanes) is 1. The highest BCUT2D eigenvalue weighted by molar-refractivity contribution is 7.86. The standard InChI is InChI=1S/C32H47NO6SSi/c1-24(2)41(25(3)4,26(5)6)23-21-30(39-40(35,36)31-19-17-29(37-9)18-20-31)12-10-11-22-38-32(34)27-13-15-28(16-14-27)33(7)8/h13-20,24-26,30H,10-12,22H2,1-9H3. The summed E-state index contributed by atoms with van der Waals surface area (Å²) in [5, 5.41) is 0. The number of ether oxygens (including phenoxy) is 2. The smallest absolute Gasteiger partial charge is 0.338 e. The lowest BCUT2D eigenvalue weighted by molar-refractivity contribution is 0.0496. The molecule has 41 heavy (non-hydrogen) atoms. The minimum absolute atomic E-state index is 0.0550. The SMILES string of the molecule is COc1ccc(S(=O)(=O)OC(C#C[Si](C(C)C)(C(C)C)C(C)C)CCCCOC(=O)c2ccc(N(C)C)cc2)cc1. The number of nitrogens with zero attached hydrogens (tertiary/aromatic N) is 1. The van der Waals surface area contributed by atoms with Gasteiger partial charge in [-0.15, -0.1) is 5.54 Å². The molecule has 0 saturated heterocycles. The van der Waals surface area contributed by atoms with Gasteiger partial charge in [0.25, 0.3) is 10.1 Å². The van der Waals surface area contributed by atoms with Crippen molar-refractivity contribution in [1.29, 1.82) is 0 Å². The molecular weight excluding hydrogens is 555 g/mol. The Kier molecular flexibility index (Phi) is 12.9. The summed E-state index contributed by atoms with van der Waals surface area (Å²) in [4.78, 5) is 14.5. The van der Waals surface area contributed by atoms with Crippen LogP contribution in [0.2, 0.25) is 16.6 Å². The summed E-state index contributed by atoms with van der Waals surface area (Å²) in [6, 6.07) is 13.4. The van der Waals surface area contributed by atoms with Crippen LogP contribution in [-0.2, 0) is 19.0 Å². The Morgan fingerprint density at radius 1 is 0.878 bits per heavy atom. The predicted molar refractivity (Wildman–Crippen MR) is 169 cm³/mol. The second kappa shape index (κ2) is 15.4. The van der Waals surface area contributed by atoms with Crippen LogP contribution in [0.3, 0.4) is 0 Å². The van der Waals surface area contributed by atoms with Gasteiger partial charge in [-0.05, 0) is 84.4 Å². The first-order valence-corrected chi connectivity index (χ1v) is 17.9. The summed E-state index contributed by atoms with van der Waals surface area (Å²) in [5.41, 5.74) is 6.31. The van der Waals surface area contributed by atoms with Crippen molar-refractivity contribution in [3.8, 4) is 17.2 Å². The molecule has 0 bridgehead atoms. The van der Waals surface area contributed by atoms with E-state index in [2.05, 4.69) is 53.0 Å². The lowest BCUT2D eigenvalue weighted by atomic mass is 10.1. The van der Waals surface area contributed by atoms with Crippen molar-refractivity contribution in [2.24, 2.45) is 0 Å². The Morgan fingerprint density at radius 2 is 1.44 bits per heavy atom. The van der Waals surface area contributed by atoms with E-state index >= 15 is 0 Å². The van der Waals surface area contributed by atoms with Crippen LogP contribution in [0.1, 0.15) is 71.2 Å². The maximum Gasteiger partial charge on any atom is 0.338 e. The summed E-state index contributed by atoms with van der Waals surface area (Å²) in [6.45, 7) is 13.5. The van der Waals surface area contributed by atoms with Crippen molar-refractivity contribution >= 4 is 29.8 Å². The summed E-state index contributed by atoms with van der Waals surface area (Å²) in [6.07, 6.45) is 0.743. The van der Waals surface area contributed by atoms with Gasteiger partial charge >= 0.3 is 5.97 Å².